The molecule has 0 bridgehead atoms. The normalized spacial score (nSPS) is 21.7. The van der Waals surface area contributed by atoms with Crippen LogP contribution in [0.25, 0.3) is 0 Å². The summed E-state index contributed by atoms with van der Waals surface area (Å²) < 4.78 is 24.0. The summed E-state index contributed by atoms with van der Waals surface area (Å²) in [6.45, 7) is -0.0176. The van der Waals surface area contributed by atoms with Gasteiger partial charge in [0.2, 0.25) is 0 Å². The number of nitrogens with one attached hydrogen (secondary N) is 1. The van der Waals surface area contributed by atoms with Gasteiger partial charge in [-0.15, -0.1) is 0 Å². The number of methoxy groups -OCH3 is 1. The van der Waals surface area contributed by atoms with Gasteiger partial charge in [0.15, 0.2) is 0 Å². The number of rotatable bonds is 4. The predicted octanol–water partition coefficient (Wildman–Crippen LogP) is 1.68. The molecule has 1 amide bonds. The van der Waals surface area contributed by atoms with Crippen LogP contribution >= 0.6 is 0 Å². The third-order valence-electron chi connectivity index (χ3n) is 2.91. The fourth-order valence-electron chi connectivity index (χ4n) is 2.25. The Balaban J connectivity index is 2.26. The number of benzene rings is 1. The minimum atomic E-state index is -1.15. The molecule has 2 N–H and O–H groups in total. The van der Waals surface area contributed by atoms with Crippen molar-refractivity contribution in [2.24, 2.45) is 0 Å². The highest BCUT2D eigenvalue weighted by Gasteiger charge is 2.36. The molecule has 0 fully saturated rings. The quantitative estimate of drug-likeness (QED) is 0.803. The molecule has 5 nitrogen and oxygen atoms in total. The van der Waals surface area contributed by atoms with Crippen molar-refractivity contribution in [1.82, 2.24) is 5.32 Å². The van der Waals surface area contributed by atoms with Gasteiger partial charge in [-0.25, -0.2) is 9.18 Å². The maximum absolute atomic E-state index is 13.8. The smallest absolute Gasteiger partial charge is 0.404 e. The van der Waals surface area contributed by atoms with Crippen molar-refractivity contribution in [3.63, 3.8) is 0 Å². The molecule has 18 heavy (non-hydrogen) atoms. The zero-order chi connectivity index (χ0) is 13.1. The lowest BCUT2D eigenvalue weighted by Crippen LogP contribution is -2.38. The van der Waals surface area contributed by atoms with E-state index < -0.39 is 18.2 Å². The maximum Gasteiger partial charge on any atom is 0.404 e. The summed E-state index contributed by atoms with van der Waals surface area (Å²) in [5, 5.41) is 11.1. The van der Waals surface area contributed by atoms with Gasteiger partial charge in [-0.05, 0) is 18.1 Å². The summed E-state index contributed by atoms with van der Waals surface area (Å²) in [5.74, 6) is -0.386. The molecule has 0 aliphatic heterocycles. The highest BCUT2D eigenvalue weighted by atomic mass is 19.1. The monoisotopic (exact) mass is 255 g/mol. The van der Waals surface area contributed by atoms with Crippen molar-refractivity contribution in [1.29, 1.82) is 0 Å². The molecule has 1 aliphatic carbocycles. The minimum Gasteiger partial charge on any atom is -0.465 e. The van der Waals surface area contributed by atoms with Crippen LogP contribution in [-0.2, 0) is 15.9 Å². The van der Waals surface area contributed by atoms with Crippen LogP contribution < -0.4 is 5.32 Å². The number of halogens is 1. The highest BCUT2D eigenvalue weighted by Crippen LogP contribution is 2.36. The molecule has 0 aromatic heterocycles. The third kappa shape index (κ3) is 2.44. The topological polar surface area (TPSA) is 67.8 Å². The van der Waals surface area contributed by atoms with Gasteiger partial charge < -0.3 is 19.9 Å². The SMILES string of the molecule is COCO[C@H]1c2c(F)cccc2C[C@H]1NC(=O)O. The zero-order valence-corrected chi connectivity index (χ0v) is 9.85. The van der Waals surface area contributed by atoms with E-state index in [1.54, 1.807) is 12.1 Å². The van der Waals surface area contributed by atoms with Crippen LogP contribution in [0.4, 0.5) is 9.18 Å². The van der Waals surface area contributed by atoms with E-state index in [-0.39, 0.29) is 12.6 Å². The van der Waals surface area contributed by atoms with Gasteiger partial charge in [0.05, 0.1) is 6.04 Å². The van der Waals surface area contributed by atoms with Crippen LogP contribution in [-0.4, -0.2) is 31.1 Å². The van der Waals surface area contributed by atoms with Crippen LogP contribution in [0.3, 0.4) is 0 Å². The van der Waals surface area contributed by atoms with Crippen LogP contribution in [0.5, 0.6) is 0 Å². The fraction of sp³-hybridized carbons (Fsp3) is 0.417. The molecule has 6 heteroatoms. The standard InChI is InChI=1S/C12H14FNO4/c1-17-6-18-11-9(14-12(15)16)5-7-3-2-4-8(13)10(7)11/h2-4,9,11,14H,5-6H2,1H3,(H,15,16)/t9-,11-/m1/s1. The summed E-state index contributed by atoms with van der Waals surface area (Å²) in [7, 11) is 1.46. The summed E-state index contributed by atoms with van der Waals surface area (Å²) in [6.07, 6.45) is -1.40. The third-order valence-corrected chi connectivity index (χ3v) is 2.91. The Morgan fingerprint density at radius 3 is 3.06 bits per heavy atom. The largest absolute Gasteiger partial charge is 0.465 e. The maximum atomic E-state index is 13.8. The summed E-state index contributed by atoms with van der Waals surface area (Å²) in [5.41, 5.74) is 1.17. The number of carboxylic acid groups (broad SMARTS) is 1. The molecule has 0 radical (unpaired) electrons. The lowest BCUT2D eigenvalue weighted by molar-refractivity contribution is -0.0814. The summed E-state index contributed by atoms with van der Waals surface area (Å²) >= 11 is 0. The van der Waals surface area contributed by atoms with E-state index in [9.17, 15) is 9.18 Å². The van der Waals surface area contributed by atoms with Crippen molar-refractivity contribution in [3.8, 4) is 0 Å². The highest BCUT2D eigenvalue weighted by molar-refractivity contribution is 5.65. The molecule has 0 unspecified atom stereocenters. The average molecular weight is 255 g/mol. The van der Waals surface area contributed by atoms with Gasteiger partial charge in [0.25, 0.3) is 0 Å². The van der Waals surface area contributed by atoms with E-state index in [1.807, 2.05) is 0 Å². The first kappa shape index (κ1) is 12.8. The molecule has 2 atom stereocenters. The lowest BCUT2D eigenvalue weighted by Gasteiger charge is -2.20. The molecule has 98 valence electrons. The molecular weight excluding hydrogens is 241 g/mol. The predicted molar refractivity (Wildman–Crippen MR) is 60.8 cm³/mol. The molecule has 2 rings (SSSR count). The Bertz CT molecular complexity index is 452. The van der Waals surface area contributed by atoms with Gasteiger partial charge in [0, 0.05) is 12.7 Å². The second-order valence-corrected chi connectivity index (χ2v) is 4.07. The molecule has 1 aromatic rings. The molecule has 0 heterocycles. The number of ether oxygens (including phenoxy) is 2. The first-order valence-corrected chi connectivity index (χ1v) is 5.50. The second kappa shape index (κ2) is 5.32. The Labute approximate surface area is 104 Å². The summed E-state index contributed by atoms with van der Waals surface area (Å²) in [6, 6.07) is 4.21. The first-order valence-electron chi connectivity index (χ1n) is 5.50. The number of hydrogen-bond donors (Lipinski definition) is 2. The lowest BCUT2D eigenvalue weighted by atomic mass is 10.1. The second-order valence-electron chi connectivity index (χ2n) is 4.07. The first-order chi connectivity index (χ1) is 8.63. The van der Waals surface area contributed by atoms with Crippen LogP contribution in [0.1, 0.15) is 17.2 Å². The molecular formula is C12H14FNO4. The van der Waals surface area contributed by atoms with Gasteiger partial charge in [-0.3, -0.25) is 0 Å². The van der Waals surface area contributed by atoms with Crippen molar-refractivity contribution in [2.75, 3.05) is 13.9 Å². The van der Waals surface area contributed by atoms with Crippen LogP contribution in [0, 0.1) is 5.82 Å². The number of hydrogen-bond acceptors (Lipinski definition) is 3. The average Bonchev–Trinajstić information content (AvgIpc) is 2.64. The molecule has 1 aromatic carbocycles. The van der Waals surface area contributed by atoms with Gasteiger partial charge in [-0.1, -0.05) is 12.1 Å². The van der Waals surface area contributed by atoms with Gasteiger partial charge in [0.1, 0.15) is 18.7 Å². The van der Waals surface area contributed by atoms with E-state index in [0.29, 0.717) is 12.0 Å². The molecule has 0 spiro atoms. The Hall–Kier alpha value is -1.66. The zero-order valence-electron chi connectivity index (χ0n) is 9.85. The van der Waals surface area contributed by atoms with Gasteiger partial charge in [-0.2, -0.15) is 0 Å². The Morgan fingerprint density at radius 1 is 1.61 bits per heavy atom. The van der Waals surface area contributed by atoms with E-state index in [2.05, 4.69) is 5.32 Å². The van der Waals surface area contributed by atoms with Crippen LogP contribution in [0.15, 0.2) is 18.2 Å². The van der Waals surface area contributed by atoms with Crippen molar-refractivity contribution < 1.29 is 23.8 Å². The Kier molecular flexibility index (Phi) is 3.78. The Morgan fingerprint density at radius 2 is 2.39 bits per heavy atom. The van der Waals surface area contributed by atoms with Gasteiger partial charge >= 0.3 is 6.09 Å². The van der Waals surface area contributed by atoms with E-state index in [0.717, 1.165) is 5.56 Å². The van der Waals surface area contributed by atoms with Crippen molar-refractivity contribution in [2.45, 2.75) is 18.6 Å². The van der Waals surface area contributed by atoms with Crippen LogP contribution in [0.2, 0.25) is 0 Å². The number of fused-ring (bicyclic) bond motifs is 1. The molecule has 0 saturated carbocycles. The van der Waals surface area contributed by atoms with E-state index >= 15 is 0 Å². The molecule has 0 saturated heterocycles. The molecule has 1 aliphatic rings. The van der Waals surface area contributed by atoms with Crippen molar-refractivity contribution >= 4 is 6.09 Å². The van der Waals surface area contributed by atoms with E-state index in [4.69, 9.17) is 14.6 Å². The number of amides is 1. The van der Waals surface area contributed by atoms with Crippen molar-refractivity contribution in [3.05, 3.63) is 35.1 Å². The minimum absolute atomic E-state index is 0.0176. The number of carbonyl (C=O) groups is 1. The summed E-state index contributed by atoms with van der Waals surface area (Å²) in [4.78, 5) is 10.7. The fourth-order valence-corrected chi connectivity index (χ4v) is 2.25. The van der Waals surface area contributed by atoms with E-state index in [1.165, 1.54) is 13.2 Å².